The van der Waals surface area contributed by atoms with Gasteiger partial charge < -0.3 is 10.1 Å². The third-order valence-corrected chi connectivity index (χ3v) is 4.12. The van der Waals surface area contributed by atoms with Crippen molar-refractivity contribution in [1.82, 2.24) is 15.1 Å². The maximum atomic E-state index is 12.4. The second kappa shape index (κ2) is 5.92. The van der Waals surface area contributed by atoms with Crippen molar-refractivity contribution >= 4 is 17.5 Å². The summed E-state index contributed by atoms with van der Waals surface area (Å²) in [6.07, 6.45) is 2.32. The second-order valence-electron chi connectivity index (χ2n) is 4.98. The Kier molecular flexibility index (Phi) is 4.47. The summed E-state index contributed by atoms with van der Waals surface area (Å²) < 4.78 is 6.95. The molecule has 1 aromatic heterocycles. The molecule has 0 radical (unpaired) electrons. The van der Waals surface area contributed by atoms with E-state index in [-0.39, 0.29) is 11.4 Å². The van der Waals surface area contributed by atoms with E-state index in [4.69, 9.17) is 16.3 Å². The van der Waals surface area contributed by atoms with Gasteiger partial charge in [0.25, 0.3) is 5.91 Å². The molecule has 19 heavy (non-hydrogen) atoms. The highest BCUT2D eigenvalue weighted by Gasteiger charge is 2.34. The molecule has 0 atom stereocenters. The first-order valence-corrected chi connectivity index (χ1v) is 7.13. The van der Waals surface area contributed by atoms with Crippen LogP contribution in [0.2, 0.25) is 0 Å². The van der Waals surface area contributed by atoms with Gasteiger partial charge in [-0.25, -0.2) is 0 Å². The number of nitrogens with zero attached hydrogens (tertiary/aromatic N) is 2. The zero-order chi connectivity index (χ0) is 13.9. The molecule has 0 aliphatic carbocycles. The largest absolute Gasteiger partial charge is 0.381 e. The quantitative estimate of drug-likeness (QED) is 0.853. The van der Waals surface area contributed by atoms with Crippen LogP contribution in [0.15, 0.2) is 6.07 Å². The first-order chi connectivity index (χ1) is 9.10. The molecule has 1 aromatic rings. The highest BCUT2D eigenvalue weighted by atomic mass is 35.5. The Morgan fingerprint density at radius 1 is 1.58 bits per heavy atom. The van der Waals surface area contributed by atoms with Gasteiger partial charge in [-0.05, 0) is 25.3 Å². The fourth-order valence-corrected chi connectivity index (χ4v) is 2.61. The summed E-state index contributed by atoms with van der Waals surface area (Å²) in [7, 11) is 1.78. The minimum atomic E-state index is -0.354. The van der Waals surface area contributed by atoms with E-state index in [0.29, 0.717) is 24.8 Å². The molecule has 0 aromatic carbocycles. The Bertz CT molecular complexity index is 453. The van der Waals surface area contributed by atoms with Crippen molar-refractivity contribution in [3.05, 3.63) is 17.5 Å². The van der Waals surface area contributed by atoms with Crippen LogP contribution in [-0.2, 0) is 18.2 Å². The monoisotopic (exact) mass is 285 g/mol. The fourth-order valence-electron chi connectivity index (χ4n) is 2.27. The van der Waals surface area contributed by atoms with Gasteiger partial charge in [0.05, 0.1) is 11.2 Å². The van der Waals surface area contributed by atoms with Crippen LogP contribution in [0.1, 0.15) is 35.9 Å². The fraction of sp³-hybridized carbons (Fsp3) is 0.692. The van der Waals surface area contributed by atoms with Gasteiger partial charge in [0.1, 0.15) is 5.69 Å². The third-order valence-electron chi connectivity index (χ3n) is 3.61. The highest BCUT2D eigenvalue weighted by molar-refractivity contribution is 6.19. The minimum Gasteiger partial charge on any atom is -0.381 e. The molecule has 5 nitrogen and oxygen atoms in total. The van der Waals surface area contributed by atoms with Gasteiger partial charge in [0.15, 0.2) is 0 Å². The summed E-state index contributed by atoms with van der Waals surface area (Å²) in [6.45, 7) is 3.29. The lowest BCUT2D eigenvalue weighted by Gasteiger charge is -2.36. The smallest absolute Gasteiger partial charge is 0.270 e. The van der Waals surface area contributed by atoms with Gasteiger partial charge in [-0.3, -0.25) is 9.48 Å². The highest BCUT2D eigenvalue weighted by Crippen LogP contribution is 2.23. The summed E-state index contributed by atoms with van der Waals surface area (Å²) in [4.78, 5) is 12.4. The summed E-state index contributed by atoms with van der Waals surface area (Å²) in [5, 5.41) is 7.35. The van der Waals surface area contributed by atoms with E-state index in [0.717, 1.165) is 25.0 Å². The molecule has 1 N–H and O–H groups in total. The maximum Gasteiger partial charge on any atom is 0.270 e. The molecule has 0 spiro atoms. The second-order valence-corrected chi connectivity index (χ2v) is 5.25. The van der Waals surface area contributed by atoms with Gasteiger partial charge in [0, 0.05) is 26.1 Å². The summed E-state index contributed by atoms with van der Waals surface area (Å²) in [6, 6.07) is 1.83. The van der Waals surface area contributed by atoms with Crippen LogP contribution in [0.4, 0.5) is 0 Å². The average Bonchev–Trinajstić information content (AvgIpc) is 2.81. The van der Waals surface area contributed by atoms with Gasteiger partial charge in [-0.2, -0.15) is 5.10 Å². The van der Waals surface area contributed by atoms with Crippen molar-refractivity contribution in [2.75, 3.05) is 19.1 Å². The first kappa shape index (κ1) is 14.3. The van der Waals surface area contributed by atoms with E-state index in [9.17, 15) is 4.79 Å². The topological polar surface area (TPSA) is 56.1 Å². The Labute approximate surface area is 118 Å². The SMILES string of the molecule is CCc1cc(C(=O)NC2(CCl)CCOCC2)n(C)n1. The number of aromatic nitrogens is 2. The standard InChI is InChI=1S/C13H20ClN3O2/c1-3-10-8-11(17(2)16-10)12(18)15-13(9-14)4-6-19-7-5-13/h8H,3-7,9H2,1-2H3,(H,15,18). The van der Waals surface area contributed by atoms with Crippen LogP contribution in [0.25, 0.3) is 0 Å². The van der Waals surface area contributed by atoms with Crippen molar-refractivity contribution in [3.63, 3.8) is 0 Å². The number of ether oxygens (including phenoxy) is 1. The normalized spacial score (nSPS) is 18.3. The Hall–Kier alpha value is -1.07. The van der Waals surface area contributed by atoms with Crippen LogP contribution in [0.3, 0.4) is 0 Å². The van der Waals surface area contributed by atoms with Gasteiger partial charge in [0.2, 0.25) is 0 Å². The number of rotatable bonds is 4. The number of hydrogen-bond donors (Lipinski definition) is 1. The van der Waals surface area contributed by atoms with E-state index in [1.165, 1.54) is 0 Å². The van der Waals surface area contributed by atoms with Gasteiger partial charge >= 0.3 is 0 Å². The number of amides is 1. The van der Waals surface area contributed by atoms with E-state index in [2.05, 4.69) is 10.4 Å². The van der Waals surface area contributed by atoms with E-state index in [1.807, 2.05) is 13.0 Å². The number of nitrogens with one attached hydrogen (secondary N) is 1. The summed E-state index contributed by atoms with van der Waals surface area (Å²) >= 11 is 6.05. The summed E-state index contributed by atoms with van der Waals surface area (Å²) in [5.74, 6) is 0.290. The molecule has 6 heteroatoms. The van der Waals surface area contributed by atoms with Crippen molar-refractivity contribution in [2.45, 2.75) is 31.7 Å². The van der Waals surface area contributed by atoms with E-state index < -0.39 is 0 Å². The number of halogens is 1. The molecule has 0 unspecified atom stereocenters. The molecular weight excluding hydrogens is 266 g/mol. The van der Waals surface area contributed by atoms with Crippen LogP contribution in [-0.4, -0.2) is 40.3 Å². The maximum absolute atomic E-state index is 12.4. The summed E-state index contributed by atoms with van der Waals surface area (Å²) in [5.41, 5.74) is 1.14. The predicted molar refractivity (Wildman–Crippen MR) is 73.6 cm³/mol. The lowest BCUT2D eigenvalue weighted by atomic mass is 9.92. The Morgan fingerprint density at radius 2 is 2.26 bits per heavy atom. The average molecular weight is 286 g/mol. The van der Waals surface area contributed by atoms with Crippen LogP contribution < -0.4 is 5.32 Å². The first-order valence-electron chi connectivity index (χ1n) is 6.59. The number of carbonyl (C=O) groups excluding carboxylic acids is 1. The van der Waals surface area contributed by atoms with E-state index >= 15 is 0 Å². The van der Waals surface area contributed by atoms with Gasteiger partial charge in [-0.15, -0.1) is 11.6 Å². The zero-order valence-electron chi connectivity index (χ0n) is 11.4. The molecule has 1 amide bonds. The van der Waals surface area contributed by atoms with Crippen molar-refractivity contribution < 1.29 is 9.53 Å². The molecule has 1 aliphatic rings. The van der Waals surface area contributed by atoms with Crippen LogP contribution in [0.5, 0.6) is 0 Å². The molecule has 0 saturated carbocycles. The molecule has 106 valence electrons. The van der Waals surface area contributed by atoms with Crippen LogP contribution >= 0.6 is 11.6 Å². The molecule has 2 heterocycles. The van der Waals surface area contributed by atoms with Crippen LogP contribution in [0, 0.1) is 0 Å². The molecule has 2 rings (SSSR count). The minimum absolute atomic E-state index is 0.114. The number of alkyl halides is 1. The number of hydrogen-bond acceptors (Lipinski definition) is 3. The molecular formula is C13H20ClN3O2. The third kappa shape index (κ3) is 3.09. The zero-order valence-corrected chi connectivity index (χ0v) is 12.2. The van der Waals surface area contributed by atoms with Gasteiger partial charge in [-0.1, -0.05) is 6.92 Å². The van der Waals surface area contributed by atoms with Crippen molar-refractivity contribution in [1.29, 1.82) is 0 Å². The van der Waals surface area contributed by atoms with E-state index in [1.54, 1.807) is 11.7 Å². The molecule has 1 fully saturated rings. The van der Waals surface area contributed by atoms with Crippen molar-refractivity contribution in [2.24, 2.45) is 7.05 Å². The molecule has 0 bridgehead atoms. The lowest BCUT2D eigenvalue weighted by Crippen LogP contribution is -2.53. The number of aryl methyl sites for hydroxylation is 2. The predicted octanol–water partition coefficient (Wildman–Crippen LogP) is 1.50. The number of carbonyl (C=O) groups is 1. The lowest BCUT2D eigenvalue weighted by molar-refractivity contribution is 0.0431. The van der Waals surface area contributed by atoms with Crippen molar-refractivity contribution in [3.8, 4) is 0 Å². The molecule has 1 aliphatic heterocycles. The molecule has 1 saturated heterocycles. The Morgan fingerprint density at radius 3 is 2.79 bits per heavy atom. The Balaban J connectivity index is 2.12.